The Kier molecular flexibility index (Phi) is 2.80. The molecule has 3 aliphatic rings. The molecule has 4 nitrogen and oxygen atoms in total. The Morgan fingerprint density at radius 1 is 1.00 bits per heavy atom. The maximum absolute atomic E-state index is 11.6. The average Bonchev–Trinajstić information content (AvgIpc) is 2.27. The second-order valence-electron chi connectivity index (χ2n) is 6.23. The van der Waals surface area contributed by atoms with Gasteiger partial charge in [0.2, 0.25) is 0 Å². The zero-order valence-corrected chi connectivity index (χ0v) is 11.1. The molecule has 18 heavy (non-hydrogen) atoms. The standard InChI is InChI=1S/C14H20O4/c1-8(2)14-6-4-13(3,5-7-14)9(11(15)16)10(14)12(17)18/h8H,4-7H2,1-3H3,(H,15,16)(H,17,18). The van der Waals surface area contributed by atoms with Crippen LogP contribution in [0.2, 0.25) is 0 Å². The molecular weight excluding hydrogens is 232 g/mol. The third-order valence-corrected chi connectivity index (χ3v) is 5.13. The molecule has 0 saturated heterocycles. The van der Waals surface area contributed by atoms with E-state index in [1.54, 1.807) is 0 Å². The normalized spacial score (nSPS) is 35.1. The maximum Gasteiger partial charge on any atom is 0.332 e. The van der Waals surface area contributed by atoms with Crippen LogP contribution in [-0.4, -0.2) is 22.2 Å². The minimum atomic E-state index is -1.06. The van der Waals surface area contributed by atoms with Crippen LogP contribution in [-0.2, 0) is 9.59 Å². The molecule has 4 heteroatoms. The number of rotatable bonds is 3. The number of aliphatic carboxylic acids is 2. The second-order valence-corrected chi connectivity index (χ2v) is 6.23. The molecule has 0 aromatic rings. The van der Waals surface area contributed by atoms with Gasteiger partial charge in [-0.15, -0.1) is 0 Å². The minimum absolute atomic E-state index is 0.154. The maximum atomic E-state index is 11.6. The summed E-state index contributed by atoms with van der Waals surface area (Å²) in [4.78, 5) is 23.1. The zero-order valence-electron chi connectivity index (χ0n) is 11.1. The molecule has 3 rings (SSSR count). The molecule has 0 aliphatic heterocycles. The van der Waals surface area contributed by atoms with Gasteiger partial charge >= 0.3 is 11.9 Å². The van der Waals surface area contributed by atoms with Crippen LogP contribution in [0.25, 0.3) is 0 Å². The molecule has 100 valence electrons. The molecule has 0 aromatic carbocycles. The van der Waals surface area contributed by atoms with E-state index in [0.717, 1.165) is 25.7 Å². The molecular formula is C14H20O4. The van der Waals surface area contributed by atoms with Gasteiger partial charge in [-0.25, -0.2) is 9.59 Å². The van der Waals surface area contributed by atoms with Crippen molar-refractivity contribution < 1.29 is 19.8 Å². The summed E-state index contributed by atoms with van der Waals surface area (Å²) < 4.78 is 0. The van der Waals surface area contributed by atoms with E-state index in [-0.39, 0.29) is 17.1 Å². The van der Waals surface area contributed by atoms with Gasteiger partial charge in [0.15, 0.2) is 0 Å². The Balaban J connectivity index is 2.73. The first-order chi connectivity index (χ1) is 8.24. The quantitative estimate of drug-likeness (QED) is 0.809. The molecule has 0 heterocycles. The molecule has 1 fully saturated rings. The van der Waals surface area contributed by atoms with Gasteiger partial charge in [0.05, 0.1) is 11.1 Å². The number of carboxylic acid groups (broad SMARTS) is 2. The van der Waals surface area contributed by atoms with Crippen molar-refractivity contribution in [2.24, 2.45) is 16.7 Å². The van der Waals surface area contributed by atoms with E-state index in [1.807, 2.05) is 20.8 Å². The Bertz CT molecular complexity index is 437. The molecule has 2 N–H and O–H groups in total. The predicted octanol–water partition coefficient (Wildman–Crippen LogP) is 2.69. The van der Waals surface area contributed by atoms with E-state index in [9.17, 15) is 19.8 Å². The number of carbonyl (C=O) groups is 2. The highest BCUT2D eigenvalue weighted by Gasteiger charge is 2.56. The lowest BCUT2D eigenvalue weighted by molar-refractivity contribution is -0.141. The van der Waals surface area contributed by atoms with E-state index in [0.29, 0.717) is 0 Å². The Labute approximate surface area is 107 Å². The van der Waals surface area contributed by atoms with Crippen molar-refractivity contribution in [2.75, 3.05) is 0 Å². The van der Waals surface area contributed by atoms with Crippen molar-refractivity contribution in [3.8, 4) is 0 Å². The fourth-order valence-corrected chi connectivity index (χ4v) is 3.85. The van der Waals surface area contributed by atoms with E-state index < -0.39 is 22.8 Å². The number of fused-ring (bicyclic) bond motifs is 2. The van der Waals surface area contributed by atoms with Crippen molar-refractivity contribution in [3.05, 3.63) is 11.1 Å². The van der Waals surface area contributed by atoms with Crippen LogP contribution in [0.15, 0.2) is 11.1 Å². The van der Waals surface area contributed by atoms with Crippen LogP contribution >= 0.6 is 0 Å². The van der Waals surface area contributed by atoms with E-state index in [1.165, 1.54) is 0 Å². The summed E-state index contributed by atoms with van der Waals surface area (Å²) in [5.74, 6) is -1.95. The summed E-state index contributed by atoms with van der Waals surface area (Å²) in [5.41, 5.74) is -0.584. The highest BCUT2D eigenvalue weighted by atomic mass is 16.4. The summed E-state index contributed by atoms with van der Waals surface area (Å²) in [6, 6.07) is 0. The fourth-order valence-electron chi connectivity index (χ4n) is 3.85. The average molecular weight is 252 g/mol. The van der Waals surface area contributed by atoms with Crippen molar-refractivity contribution in [1.82, 2.24) is 0 Å². The first-order valence-corrected chi connectivity index (χ1v) is 6.46. The predicted molar refractivity (Wildman–Crippen MR) is 66.1 cm³/mol. The number of hydrogen-bond acceptors (Lipinski definition) is 2. The zero-order chi connectivity index (χ0) is 13.7. The summed E-state index contributed by atoms with van der Waals surface area (Å²) in [6.45, 7) is 5.88. The number of hydrogen-bond donors (Lipinski definition) is 2. The highest BCUT2D eigenvalue weighted by Crippen LogP contribution is 2.62. The van der Waals surface area contributed by atoms with Gasteiger partial charge in [0.25, 0.3) is 0 Å². The van der Waals surface area contributed by atoms with E-state index in [2.05, 4.69) is 0 Å². The van der Waals surface area contributed by atoms with Gasteiger partial charge in [-0.1, -0.05) is 20.8 Å². The van der Waals surface area contributed by atoms with Crippen LogP contribution in [0, 0.1) is 16.7 Å². The summed E-state index contributed by atoms with van der Waals surface area (Å²) >= 11 is 0. The summed E-state index contributed by atoms with van der Waals surface area (Å²) in [7, 11) is 0. The monoisotopic (exact) mass is 252 g/mol. The van der Waals surface area contributed by atoms with Crippen molar-refractivity contribution in [2.45, 2.75) is 46.5 Å². The number of carboxylic acids is 2. The van der Waals surface area contributed by atoms with Crippen LogP contribution in [0.3, 0.4) is 0 Å². The Morgan fingerprint density at radius 2 is 1.44 bits per heavy atom. The van der Waals surface area contributed by atoms with Crippen LogP contribution < -0.4 is 0 Å². The molecule has 0 radical (unpaired) electrons. The first kappa shape index (κ1) is 13.1. The lowest BCUT2D eigenvalue weighted by Crippen LogP contribution is -2.49. The lowest BCUT2D eigenvalue weighted by Gasteiger charge is -2.54. The summed E-state index contributed by atoms with van der Waals surface area (Å²) in [5, 5.41) is 18.9. The molecule has 1 saturated carbocycles. The second kappa shape index (κ2) is 3.84. The summed E-state index contributed by atoms with van der Waals surface area (Å²) in [6.07, 6.45) is 3.15. The largest absolute Gasteiger partial charge is 0.478 e. The Morgan fingerprint density at radius 3 is 1.78 bits per heavy atom. The Hall–Kier alpha value is -1.32. The fraction of sp³-hybridized carbons (Fsp3) is 0.714. The van der Waals surface area contributed by atoms with Crippen LogP contribution in [0.4, 0.5) is 0 Å². The molecule has 0 aromatic heterocycles. The van der Waals surface area contributed by atoms with Gasteiger partial charge in [-0.3, -0.25) is 0 Å². The van der Waals surface area contributed by atoms with Gasteiger partial charge in [-0.05, 0) is 31.6 Å². The smallest absolute Gasteiger partial charge is 0.332 e. The SMILES string of the molecule is CC(C)C12CCC(C)(CC1)C(C(=O)O)=C2C(=O)O. The van der Waals surface area contributed by atoms with E-state index in [4.69, 9.17) is 0 Å². The lowest BCUT2D eigenvalue weighted by atomic mass is 9.49. The van der Waals surface area contributed by atoms with Crippen molar-refractivity contribution in [1.29, 1.82) is 0 Å². The van der Waals surface area contributed by atoms with Crippen LogP contribution in [0.1, 0.15) is 46.5 Å². The van der Waals surface area contributed by atoms with Crippen molar-refractivity contribution in [3.63, 3.8) is 0 Å². The topological polar surface area (TPSA) is 74.6 Å². The molecule has 0 unspecified atom stereocenters. The van der Waals surface area contributed by atoms with Gasteiger partial charge < -0.3 is 10.2 Å². The molecule has 3 aliphatic carbocycles. The first-order valence-electron chi connectivity index (χ1n) is 6.46. The van der Waals surface area contributed by atoms with Gasteiger partial charge in [-0.2, -0.15) is 0 Å². The molecule has 0 spiro atoms. The van der Waals surface area contributed by atoms with Crippen molar-refractivity contribution >= 4 is 11.9 Å². The van der Waals surface area contributed by atoms with Gasteiger partial charge in [0, 0.05) is 10.8 Å². The van der Waals surface area contributed by atoms with Crippen LogP contribution in [0.5, 0.6) is 0 Å². The molecule has 2 bridgehead atoms. The van der Waals surface area contributed by atoms with E-state index >= 15 is 0 Å². The molecule has 0 amide bonds. The third-order valence-electron chi connectivity index (χ3n) is 5.13. The molecule has 0 atom stereocenters. The highest BCUT2D eigenvalue weighted by molar-refractivity contribution is 6.01. The third kappa shape index (κ3) is 1.51. The minimum Gasteiger partial charge on any atom is -0.478 e. The van der Waals surface area contributed by atoms with Gasteiger partial charge in [0.1, 0.15) is 0 Å².